The fraction of sp³-hybridized carbons (Fsp3) is 0.478. The molecule has 11 heteroatoms. The number of piperidine rings is 1. The lowest BCUT2D eigenvalue weighted by atomic mass is 9.94. The van der Waals surface area contributed by atoms with E-state index in [0.29, 0.717) is 18.9 Å². The predicted octanol–water partition coefficient (Wildman–Crippen LogP) is 3.02. The van der Waals surface area contributed by atoms with E-state index in [1.807, 2.05) is 28.3 Å². The normalized spacial score (nSPS) is 17.4. The minimum absolute atomic E-state index is 0.212. The van der Waals surface area contributed by atoms with Crippen LogP contribution >= 0.6 is 0 Å². The molecule has 0 atom stereocenters. The first-order chi connectivity index (χ1) is 16.3. The molecule has 1 saturated heterocycles. The molecule has 2 aliphatic rings. The Morgan fingerprint density at radius 2 is 2.03 bits per heavy atom. The Bertz CT molecular complexity index is 1380. The van der Waals surface area contributed by atoms with Crippen molar-refractivity contribution in [2.75, 3.05) is 24.8 Å². The largest absolute Gasteiger partial charge is 0.272 e. The first-order valence-corrected chi connectivity index (χ1v) is 13.6. The van der Waals surface area contributed by atoms with Gasteiger partial charge in [0.1, 0.15) is 11.8 Å². The number of unbranched alkanes of at least 4 members (excludes halogenated alkanes) is 1. The third-order valence-electron chi connectivity index (χ3n) is 6.63. The molecule has 0 amide bonds. The van der Waals surface area contributed by atoms with E-state index in [0.717, 1.165) is 66.0 Å². The number of anilines is 1. The molecule has 0 saturated carbocycles. The van der Waals surface area contributed by atoms with Crippen LogP contribution in [-0.4, -0.2) is 62.2 Å². The van der Waals surface area contributed by atoms with E-state index in [9.17, 15) is 8.42 Å². The summed E-state index contributed by atoms with van der Waals surface area (Å²) in [7, 11) is -3.16. The molecule has 5 rings (SSSR count). The summed E-state index contributed by atoms with van der Waals surface area (Å²) in [5.74, 6) is 0.884. The fourth-order valence-electron chi connectivity index (χ4n) is 4.72. The third-order valence-corrected chi connectivity index (χ3v) is 7.93. The maximum Gasteiger partial charge on any atom is 0.211 e. The summed E-state index contributed by atoms with van der Waals surface area (Å²) in [4.78, 5) is 4.36. The second-order valence-corrected chi connectivity index (χ2v) is 11.0. The van der Waals surface area contributed by atoms with Gasteiger partial charge in [0.05, 0.1) is 17.7 Å². The summed E-state index contributed by atoms with van der Waals surface area (Å²) in [6, 6.07) is 2.13. The van der Waals surface area contributed by atoms with E-state index in [-0.39, 0.29) is 5.92 Å². The number of hydrogen-bond acceptors (Lipinski definition) is 7. The predicted molar refractivity (Wildman–Crippen MR) is 132 cm³/mol. The minimum Gasteiger partial charge on any atom is -0.272 e. The van der Waals surface area contributed by atoms with E-state index < -0.39 is 10.0 Å². The average Bonchev–Trinajstić information content (AvgIpc) is 3.38. The monoisotopic (exact) mass is 482 g/mol. The summed E-state index contributed by atoms with van der Waals surface area (Å²) >= 11 is 0. The van der Waals surface area contributed by atoms with Gasteiger partial charge in [-0.05, 0) is 44.4 Å². The number of aromatic nitrogens is 5. The number of hydrogen-bond donors (Lipinski definition) is 1. The van der Waals surface area contributed by atoms with Crippen LogP contribution in [0.15, 0.2) is 29.8 Å². The highest BCUT2D eigenvalue weighted by molar-refractivity contribution is 7.88. The van der Waals surface area contributed by atoms with Crippen molar-refractivity contribution in [1.29, 1.82) is 0 Å². The maximum atomic E-state index is 11.9. The van der Waals surface area contributed by atoms with Crippen LogP contribution in [0.3, 0.4) is 0 Å². The number of nitrogens with zero attached hydrogens (tertiary/aromatic N) is 7. The standard InChI is InChI=1S/C23H30N8O2S/c1-4-5-10-29-14-18(16(2)28-29)6-7-20-19-13-21(17-8-11-30(12-9-17)34(3,32)33)31-22(19)23(27-26-20)24-15-25-31/h6-7,13-15,17H,4-5,8-12H2,1-3H3,(H,24,25,27)/b7-6-. The van der Waals surface area contributed by atoms with E-state index >= 15 is 0 Å². The zero-order valence-corrected chi connectivity index (χ0v) is 20.6. The van der Waals surface area contributed by atoms with Crippen LogP contribution in [-0.2, 0) is 16.6 Å². The molecule has 0 aliphatic carbocycles. The zero-order valence-electron chi connectivity index (χ0n) is 19.8. The molecule has 0 spiro atoms. The lowest BCUT2D eigenvalue weighted by Crippen LogP contribution is -2.37. The maximum absolute atomic E-state index is 11.9. The molecule has 0 radical (unpaired) electrons. The molecule has 1 N–H and O–H groups in total. The van der Waals surface area contributed by atoms with Gasteiger partial charge in [0.15, 0.2) is 5.82 Å². The van der Waals surface area contributed by atoms with Crippen molar-refractivity contribution in [2.45, 2.75) is 52.0 Å². The second-order valence-electron chi connectivity index (χ2n) is 9.02. The van der Waals surface area contributed by atoms with Crippen molar-refractivity contribution >= 4 is 33.1 Å². The Hall–Kier alpha value is -3.05. The Balaban J connectivity index is 1.43. The molecule has 5 heterocycles. The van der Waals surface area contributed by atoms with E-state index in [1.54, 1.807) is 4.31 Å². The Kier molecular flexibility index (Phi) is 5.98. The number of nitrogens with one attached hydrogen (secondary N) is 1. The summed E-state index contributed by atoms with van der Waals surface area (Å²) in [6.45, 7) is 6.15. The Morgan fingerprint density at radius 1 is 1.24 bits per heavy atom. The number of rotatable bonds is 7. The number of allylic oxidation sites excluding steroid dienone is 1. The van der Waals surface area contributed by atoms with Gasteiger partial charge in [0, 0.05) is 48.6 Å². The number of hydrazone groups is 1. The van der Waals surface area contributed by atoms with Crippen molar-refractivity contribution in [1.82, 2.24) is 28.7 Å². The number of sulfonamides is 1. The molecule has 2 aliphatic heterocycles. The van der Waals surface area contributed by atoms with Crippen molar-refractivity contribution < 1.29 is 8.42 Å². The molecule has 180 valence electrons. The molecule has 0 aromatic carbocycles. The van der Waals surface area contributed by atoms with E-state index in [2.05, 4.69) is 44.9 Å². The van der Waals surface area contributed by atoms with Gasteiger partial charge in [-0.25, -0.2) is 22.2 Å². The van der Waals surface area contributed by atoms with Crippen molar-refractivity contribution in [3.05, 3.63) is 47.2 Å². The third kappa shape index (κ3) is 4.25. The zero-order chi connectivity index (χ0) is 23.9. The van der Waals surface area contributed by atoms with Crippen molar-refractivity contribution in [3.63, 3.8) is 0 Å². The van der Waals surface area contributed by atoms with Gasteiger partial charge in [-0.15, -0.1) is 0 Å². The van der Waals surface area contributed by atoms with Crippen molar-refractivity contribution in [2.24, 2.45) is 5.10 Å². The summed E-state index contributed by atoms with van der Waals surface area (Å²) < 4.78 is 29.3. The highest BCUT2D eigenvalue weighted by atomic mass is 32.2. The summed E-state index contributed by atoms with van der Waals surface area (Å²) in [6.07, 6.45) is 12.7. The summed E-state index contributed by atoms with van der Waals surface area (Å²) in [5.41, 5.74) is 8.86. The van der Waals surface area contributed by atoms with Gasteiger partial charge in [-0.3, -0.25) is 10.1 Å². The number of aryl methyl sites for hydroxylation is 2. The minimum atomic E-state index is -3.16. The van der Waals surface area contributed by atoms with Crippen LogP contribution in [0, 0.1) is 6.92 Å². The molecule has 0 unspecified atom stereocenters. The Morgan fingerprint density at radius 3 is 2.76 bits per heavy atom. The molecule has 34 heavy (non-hydrogen) atoms. The average molecular weight is 483 g/mol. The fourth-order valence-corrected chi connectivity index (χ4v) is 5.60. The van der Waals surface area contributed by atoms with Gasteiger partial charge >= 0.3 is 0 Å². The molecule has 3 aromatic rings. The van der Waals surface area contributed by atoms with Crippen LogP contribution in [0.4, 0.5) is 5.82 Å². The molecular formula is C23H30N8O2S. The highest BCUT2D eigenvalue weighted by Crippen LogP contribution is 2.35. The molecule has 10 nitrogen and oxygen atoms in total. The first-order valence-electron chi connectivity index (χ1n) is 11.7. The van der Waals surface area contributed by atoms with E-state index in [4.69, 9.17) is 0 Å². The van der Waals surface area contributed by atoms with Crippen LogP contribution in [0.2, 0.25) is 0 Å². The summed E-state index contributed by atoms with van der Waals surface area (Å²) in [5, 5.41) is 13.7. The SMILES string of the molecule is CCCCn1cc(/C=C\C2=NNc3ncnn4c(C5CCN(S(C)(=O)=O)CC5)cc2c34)c(C)n1. The quantitative estimate of drug-likeness (QED) is 0.554. The van der Waals surface area contributed by atoms with Crippen LogP contribution in [0.25, 0.3) is 11.6 Å². The molecule has 1 fully saturated rings. The second kappa shape index (κ2) is 8.95. The lowest BCUT2D eigenvalue weighted by molar-refractivity contribution is 0.317. The van der Waals surface area contributed by atoms with Gasteiger partial charge in [0.25, 0.3) is 0 Å². The van der Waals surface area contributed by atoms with Gasteiger partial charge in [-0.1, -0.05) is 13.3 Å². The van der Waals surface area contributed by atoms with Gasteiger partial charge in [0.2, 0.25) is 10.0 Å². The topological polar surface area (TPSA) is 110 Å². The van der Waals surface area contributed by atoms with Crippen LogP contribution < -0.4 is 5.43 Å². The van der Waals surface area contributed by atoms with Crippen LogP contribution in [0.1, 0.15) is 61.0 Å². The lowest BCUT2D eigenvalue weighted by Gasteiger charge is -2.29. The Labute approximate surface area is 199 Å². The highest BCUT2D eigenvalue weighted by Gasteiger charge is 2.30. The van der Waals surface area contributed by atoms with Gasteiger partial charge in [-0.2, -0.15) is 15.3 Å². The van der Waals surface area contributed by atoms with Gasteiger partial charge < -0.3 is 0 Å². The first kappa shape index (κ1) is 22.7. The molecule has 0 bridgehead atoms. The smallest absolute Gasteiger partial charge is 0.211 e. The molecule has 3 aromatic heterocycles. The van der Waals surface area contributed by atoms with E-state index in [1.165, 1.54) is 12.6 Å². The van der Waals surface area contributed by atoms with Crippen molar-refractivity contribution in [3.8, 4) is 0 Å². The van der Waals surface area contributed by atoms with Crippen LogP contribution in [0.5, 0.6) is 0 Å². The molecular weight excluding hydrogens is 452 g/mol.